The van der Waals surface area contributed by atoms with Gasteiger partial charge >= 0.3 is 0 Å². The average molecular weight is 256 g/mol. The van der Waals surface area contributed by atoms with Crippen LogP contribution in [0.15, 0.2) is 24.4 Å². The Labute approximate surface area is 104 Å². The highest BCUT2D eigenvalue weighted by Crippen LogP contribution is 2.30. The van der Waals surface area contributed by atoms with Gasteiger partial charge in [0.2, 0.25) is 0 Å². The molecule has 4 heteroatoms. The largest absolute Gasteiger partial charge is 0.384 e. The Morgan fingerprint density at radius 3 is 2.88 bits per heavy atom. The first-order valence-electron chi connectivity index (χ1n) is 4.94. The molecule has 0 saturated carbocycles. The summed E-state index contributed by atoms with van der Waals surface area (Å²) in [6.45, 7) is 0.668. The Bertz CT molecular complexity index is 514. The summed E-state index contributed by atoms with van der Waals surface area (Å²) in [5.41, 5.74) is 2.02. The third-order valence-corrected chi connectivity index (χ3v) is 3.24. The molecule has 2 nitrogen and oxygen atoms in total. The summed E-state index contributed by atoms with van der Waals surface area (Å²) in [4.78, 5) is 4.32. The van der Waals surface area contributed by atoms with E-state index in [4.69, 9.17) is 27.9 Å². The third-order valence-electron chi connectivity index (χ3n) is 2.45. The molecule has 0 aliphatic carbocycles. The third kappa shape index (κ3) is 2.14. The van der Waals surface area contributed by atoms with Crippen LogP contribution in [0.4, 0.5) is 0 Å². The van der Waals surface area contributed by atoms with Crippen molar-refractivity contribution in [2.45, 2.75) is 6.42 Å². The summed E-state index contributed by atoms with van der Waals surface area (Å²) in [6, 6.07) is 5.91. The van der Waals surface area contributed by atoms with Gasteiger partial charge in [-0.1, -0.05) is 41.4 Å². The molecule has 0 unspecified atom stereocenters. The van der Waals surface area contributed by atoms with E-state index in [0.717, 1.165) is 22.9 Å². The minimum Gasteiger partial charge on any atom is -0.384 e. The minimum absolute atomic E-state index is 0.484. The Hall–Kier alpha value is -0.830. The van der Waals surface area contributed by atoms with Crippen molar-refractivity contribution in [3.63, 3.8) is 0 Å². The first-order valence-corrected chi connectivity index (χ1v) is 5.70. The van der Waals surface area contributed by atoms with Crippen LogP contribution in [0, 0.1) is 0 Å². The van der Waals surface area contributed by atoms with Gasteiger partial charge in [0.05, 0.1) is 22.2 Å². The summed E-state index contributed by atoms with van der Waals surface area (Å²) in [6.07, 6.45) is 2.40. The molecule has 1 heterocycles. The van der Waals surface area contributed by atoms with E-state index in [1.807, 2.05) is 18.2 Å². The molecule has 0 bridgehead atoms. The number of halogens is 2. The van der Waals surface area contributed by atoms with Gasteiger partial charge in [-0.05, 0) is 12.0 Å². The van der Waals surface area contributed by atoms with E-state index in [2.05, 4.69) is 4.98 Å². The predicted octanol–water partition coefficient (Wildman–Crippen LogP) is 3.73. The number of pyridine rings is 1. The normalized spacial score (nSPS) is 10.9. The second-order valence-corrected chi connectivity index (χ2v) is 4.26. The standard InChI is InChI=1S/C12H11Cl2NO/c1-16-6-5-8-3-2-4-9-11(14)10(13)7-15-12(8)9/h2-4,7H,5-6H2,1H3. The van der Waals surface area contributed by atoms with Crippen LogP contribution < -0.4 is 0 Å². The monoisotopic (exact) mass is 255 g/mol. The number of para-hydroxylation sites is 1. The number of benzene rings is 1. The molecule has 0 radical (unpaired) electrons. The van der Waals surface area contributed by atoms with Crippen LogP contribution in [-0.2, 0) is 11.2 Å². The Balaban J connectivity index is 2.56. The lowest BCUT2D eigenvalue weighted by Gasteiger charge is -2.07. The van der Waals surface area contributed by atoms with Gasteiger partial charge in [-0.15, -0.1) is 0 Å². The highest BCUT2D eigenvalue weighted by atomic mass is 35.5. The number of aromatic nitrogens is 1. The van der Waals surface area contributed by atoms with E-state index in [9.17, 15) is 0 Å². The topological polar surface area (TPSA) is 22.1 Å². The van der Waals surface area contributed by atoms with Crippen molar-refractivity contribution < 1.29 is 4.74 Å². The number of methoxy groups -OCH3 is 1. The Morgan fingerprint density at radius 2 is 2.12 bits per heavy atom. The van der Waals surface area contributed by atoms with Gasteiger partial charge in [-0.2, -0.15) is 0 Å². The maximum Gasteiger partial charge on any atom is 0.0782 e. The highest BCUT2D eigenvalue weighted by Gasteiger charge is 2.08. The van der Waals surface area contributed by atoms with E-state index in [1.165, 1.54) is 0 Å². The van der Waals surface area contributed by atoms with Crippen LogP contribution in [0.5, 0.6) is 0 Å². The number of rotatable bonds is 3. The maximum atomic E-state index is 6.13. The molecule has 1 aromatic heterocycles. The lowest BCUT2D eigenvalue weighted by atomic mass is 10.1. The van der Waals surface area contributed by atoms with E-state index in [-0.39, 0.29) is 0 Å². The Morgan fingerprint density at radius 1 is 1.31 bits per heavy atom. The molecule has 0 amide bonds. The van der Waals surface area contributed by atoms with Gasteiger partial charge in [-0.25, -0.2) is 0 Å². The fourth-order valence-corrected chi connectivity index (χ4v) is 1.99. The summed E-state index contributed by atoms with van der Waals surface area (Å²) in [5.74, 6) is 0. The molecule has 0 atom stereocenters. The number of hydrogen-bond donors (Lipinski definition) is 0. The van der Waals surface area contributed by atoms with Gasteiger partial charge < -0.3 is 4.74 Å². The first-order chi connectivity index (χ1) is 7.74. The highest BCUT2D eigenvalue weighted by molar-refractivity contribution is 6.45. The molecule has 0 N–H and O–H groups in total. The summed E-state index contributed by atoms with van der Waals surface area (Å²) in [5, 5.41) is 1.94. The molecule has 0 saturated heterocycles. The van der Waals surface area contributed by atoms with Gasteiger partial charge in [0.1, 0.15) is 0 Å². The molecule has 84 valence electrons. The van der Waals surface area contributed by atoms with Crippen LogP contribution >= 0.6 is 23.2 Å². The number of fused-ring (bicyclic) bond motifs is 1. The lowest BCUT2D eigenvalue weighted by Crippen LogP contribution is -1.96. The van der Waals surface area contributed by atoms with Crippen molar-refractivity contribution in [1.29, 1.82) is 0 Å². The van der Waals surface area contributed by atoms with E-state index >= 15 is 0 Å². The van der Waals surface area contributed by atoms with E-state index < -0.39 is 0 Å². The second kappa shape index (κ2) is 5.00. The Kier molecular flexibility index (Phi) is 3.64. The molecule has 0 spiro atoms. The zero-order valence-corrected chi connectivity index (χ0v) is 10.3. The summed E-state index contributed by atoms with van der Waals surface area (Å²) >= 11 is 12.1. The summed E-state index contributed by atoms with van der Waals surface area (Å²) in [7, 11) is 1.68. The van der Waals surface area contributed by atoms with Crippen molar-refractivity contribution in [3.05, 3.63) is 40.0 Å². The SMILES string of the molecule is COCCc1cccc2c(Cl)c(Cl)cnc12. The molecule has 2 aromatic rings. The first kappa shape index (κ1) is 11.6. The van der Waals surface area contributed by atoms with Crippen LogP contribution in [0.25, 0.3) is 10.9 Å². The smallest absolute Gasteiger partial charge is 0.0782 e. The van der Waals surface area contributed by atoms with Crippen LogP contribution in [-0.4, -0.2) is 18.7 Å². The van der Waals surface area contributed by atoms with Gasteiger partial charge in [-0.3, -0.25) is 4.98 Å². The number of ether oxygens (including phenoxy) is 1. The molecule has 1 aromatic carbocycles. The number of nitrogens with zero attached hydrogens (tertiary/aromatic N) is 1. The van der Waals surface area contributed by atoms with Gasteiger partial charge in [0.25, 0.3) is 0 Å². The fraction of sp³-hybridized carbons (Fsp3) is 0.250. The summed E-state index contributed by atoms with van der Waals surface area (Å²) < 4.78 is 5.06. The van der Waals surface area contributed by atoms with Crippen molar-refractivity contribution in [2.24, 2.45) is 0 Å². The molecular formula is C12H11Cl2NO. The van der Waals surface area contributed by atoms with Crippen LogP contribution in [0.2, 0.25) is 10.0 Å². The zero-order valence-electron chi connectivity index (χ0n) is 8.84. The molecule has 0 aliphatic heterocycles. The molecule has 0 aliphatic rings. The minimum atomic E-state index is 0.484. The van der Waals surface area contributed by atoms with Gasteiger partial charge in [0.15, 0.2) is 0 Å². The van der Waals surface area contributed by atoms with Crippen molar-refractivity contribution in [1.82, 2.24) is 4.98 Å². The molecule has 0 fully saturated rings. The lowest BCUT2D eigenvalue weighted by molar-refractivity contribution is 0.202. The van der Waals surface area contributed by atoms with Crippen molar-refractivity contribution in [3.8, 4) is 0 Å². The van der Waals surface area contributed by atoms with Crippen molar-refractivity contribution in [2.75, 3.05) is 13.7 Å². The maximum absolute atomic E-state index is 6.13. The zero-order chi connectivity index (χ0) is 11.5. The van der Waals surface area contributed by atoms with Crippen molar-refractivity contribution >= 4 is 34.1 Å². The van der Waals surface area contributed by atoms with Crippen LogP contribution in [0.1, 0.15) is 5.56 Å². The average Bonchev–Trinajstić information content (AvgIpc) is 2.31. The van der Waals surface area contributed by atoms with E-state index in [0.29, 0.717) is 16.7 Å². The quantitative estimate of drug-likeness (QED) is 0.834. The fourth-order valence-electron chi connectivity index (χ4n) is 1.64. The molecular weight excluding hydrogens is 245 g/mol. The van der Waals surface area contributed by atoms with E-state index in [1.54, 1.807) is 13.3 Å². The van der Waals surface area contributed by atoms with Crippen LogP contribution in [0.3, 0.4) is 0 Å². The number of hydrogen-bond acceptors (Lipinski definition) is 2. The second-order valence-electron chi connectivity index (χ2n) is 3.48. The van der Waals surface area contributed by atoms with Gasteiger partial charge in [0, 0.05) is 18.7 Å². The predicted molar refractivity (Wildman–Crippen MR) is 67.3 cm³/mol. The molecule has 16 heavy (non-hydrogen) atoms. The molecule has 2 rings (SSSR count).